The normalized spacial score (nSPS) is 19.3. The van der Waals surface area contributed by atoms with Crippen LogP contribution in [0.1, 0.15) is 25.0 Å². The average Bonchev–Trinajstić information content (AvgIpc) is 2.75. The topological polar surface area (TPSA) is 63.0 Å². The summed E-state index contributed by atoms with van der Waals surface area (Å²) >= 11 is 0. The number of carbonyl (C=O) groups is 1. The summed E-state index contributed by atoms with van der Waals surface area (Å²) in [6.07, 6.45) is 0. The van der Waals surface area contributed by atoms with E-state index < -0.39 is 5.63 Å². The molecule has 1 amide bonds. The third-order valence-electron chi connectivity index (χ3n) is 6.02. The molecule has 0 N–H and O–H groups in total. The highest BCUT2D eigenvalue weighted by molar-refractivity contribution is 5.82. The third-order valence-corrected chi connectivity index (χ3v) is 6.02. The lowest BCUT2D eigenvalue weighted by Gasteiger charge is -2.44. The highest BCUT2D eigenvalue weighted by Crippen LogP contribution is 2.23. The fourth-order valence-electron chi connectivity index (χ4n) is 4.21. The summed E-state index contributed by atoms with van der Waals surface area (Å²) in [6.45, 7) is 7.91. The predicted molar refractivity (Wildman–Crippen MR) is 120 cm³/mol. The molecular weight excluding hydrogens is 411 g/mol. The summed E-state index contributed by atoms with van der Waals surface area (Å²) < 4.78 is 24.1. The van der Waals surface area contributed by atoms with Gasteiger partial charge in [-0.2, -0.15) is 0 Å². The van der Waals surface area contributed by atoms with E-state index in [1.165, 1.54) is 18.2 Å². The number of aryl methyl sites for hydroxylation is 1. The van der Waals surface area contributed by atoms with Crippen molar-refractivity contribution < 1.29 is 18.3 Å². The van der Waals surface area contributed by atoms with Crippen molar-refractivity contribution in [3.05, 3.63) is 75.9 Å². The lowest BCUT2D eigenvalue weighted by atomic mass is 10.1. The Kier molecular flexibility index (Phi) is 6.28. The molecule has 2 atom stereocenters. The van der Waals surface area contributed by atoms with Gasteiger partial charge in [0.2, 0.25) is 0 Å². The van der Waals surface area contributed by atoms with Crippen molar-refractivity contribution in [3.8, 4) is 5.75 Å². The standard InChI is InChI=1S/C25H27FN2O4/c1-16-10-25(30)32-23-11-21(8-9-22(16)23)31-15-24(29)28-13-17(2)27(12-18(28)3)14-19-4-6-20(26)7-5-19/h4-11,17-18H,12-15H2,1-3H3. The van der Waals surface area contributed by atoms with Gasteiger partial charge in [0.05, 0.1) is 0 Å². The van der Waals surface area contributed by atoms with Crippen LogP contribution in [0.4, 0.5) is 4.39 Å². The summed E-state index contributed by atoms with van der Waals surface area (Å²) in [4.78, 5) is 28.6. The molecule has 1 fully saturated rings. The Bertz CT molecular complexity index is 1170. The molecule has 7 heteroatoms. The molecule has 1 saturated heterocycles. The molecular formula is C25H27FN2O4. The van der Waals surface area contributed by atoms with Crippen LogP contribution in [0.2, 0.25) is 0 Å². The van der Waals surface area contributed by atoms with E-state index in [1.807, 2.05) is 24.8 Å². The fourth-order valence-corrected chi connectivity index (χ4v) is 4.21. The molecule has 0 spiro atoms. The van der Waals surface area contributed by atoms with Gasteiger partial charge in [-0.15, -0.1) is 0 Å². The Hall–Kier alpha value is -3.19. The first kappa shape index (κ1) is 22.0. The zero-order valence-electron chi connectivity index (χ0n) is 18.5. The van der Waals surface area contributed by atoms with Gasteiger partial charge in [0, 0.05) is 49.2 Å². The first-order valence-electron chi connectivity index (χ1n) is 10.8. The third kappa shape index (κ3) is 4.83. The van der Waals surface area contributed by atoms with Crippen LogP contribution in [-0.4, -0.2) is 47.5 Å². The van der Waals surface area contributed by atoms with Crippen molar-refractivity contribution in [1.29, 1.82) is 0 Å². The molecule has 2 heterocycles. The minimum atomic E-state index is -0.412. The second-order valence-corrected chi connectivity index (χ2v) is 8.50. The SMILES string of the molecule is Cc1cc(=O)oc2cc(OCC(=O)N3CC(C)N(Cc4ccc(F)cc4)CC3C)ccc12. The van der Waals surface area contributed by atoms with Crippen molar-refractivity contribution in [3.63, 3.8) is 0 Å². The first-order valence-corrected chi connectivity index (χ1v) is 10.8. The van der Waals surface area contributed by atoms with Gasteiger partial charge in [-0.1, -0.05) is 12.1 Å². The zero-order chi connectivity index (χ0) is 22.8. The Morgan fingerprint density at radius 3 is 2.59 bits per heavy atom. The lowest BCUT2D eigenvalue weighted by Crippen LogP contribution is -2.58. The fraction of sp³-hybridized carbons (Fsp3) is 0.360. The molecule has 32 heavy (non-hydrogen) atoms. The Morgan fingerprint density at radius 2 is 1.84 bits per heavy atom. The lowest BCUT2D eigenvalue weighted by molar-refractivity contribution is -0.139. The number of piperazine rings is 1. The van der Waals surface area contributed by atoms with E-state index in [4.69, 9.17) is 9.15 Å². The largest absolute Gasteiger partial charge is 0.484 e. The van der Waals surface area contributed by atoms with Crippen LogP contribution in [0.5, 0.6) is 5.75 Å². The number of benzene rings is 2. The van der Waals surface area contributed by atoms with Crippen LogP contribution in [0, 0.1) is 12.7 Å². The van der Waals surface area contributed by atoms with Crippen LogP contribution < -0.4 is 10.4 Å². The number of carbonyl (C=O) groups excluding carboxylic acids is 1. The number of nitrogens with zero attached hydrogens (tertiary/aromatic N) is 2. The van der Waals surface area contributed by atoms with Gasteiger partial charge >= 0.3 is 5.63 Å². The average molecular weight is 438 g/mol. The predicted octanol–water partition coefficient (Wildman–Crippen LogP) is 3.74. The van der Waals surface area contributed by atoms with Gasteiger partial charge in [0.1, 0.15) is 17.1 Å². The molecule has 0 radical (unpaired) electrons. The summed E-state index contributed by atoms with van der Waals surface area (Å²) in [5.74, 6) is 0.154. The van der Waals surface area contributed by atoms with Crippen molar-refractivity contribution >= 4 is 16.9 Å². The van der Waals surface area contributed by atoms with Crippen molar-refractivity contribution in [2.45, 2.75) is 39.4 Å². The quantitative estimate of drug-likeness (QED) is 0.568. The number of fused-ring (bicyclic) bond motifs is 1. The number of ether oxygens (including phenoxy) is 1. The Labute approximate surface area is 186 Å². The second kappa shape index (κ2) is 9.12. The van der Waals surface area contributed by atoms with Gasteiger partial charge in [-0.3, -0.25) is 9.69 Å². The van der Waals surface area contributed by atoms with Crippen LogP contribution in [0.15, 0.2) is 57.7 Å². The molecule has 0 bridgehead atoms. The molecule has 3 aromatic rings. The van der Waals surface area contributed by atoms with E-state index in [9.17, 15) is 14.0 Å². The maximum absolute atomic E-state index is 13.2. The molecule has 6 nitrogen and oxygen atoms in total. The monoisotopic (exact) mass is 438 g/mol. The molecule has 168 valence electrons. The van der Waals surface area contributed by atoms with E-state index in [0.29, 0.717) is 24.4 Å². The molecule has 0 saturated carbocycles. The highest BCUT2D eigenvalue weighted by Gasteiger charge is 2.32. The van der Waals surface area contributed by atoms with E-state index in [1.54, 1.807) is 24.3 Å². The van der Waals surface area contributed by atoms with Gasteiger partial charge in [-0.05, 0) is 56.2 Å². The maximum atomic E-state index is 13.2. The summed E-state index contributed by atoms with van der Waals surface area (Å²) in [5.41, 5.74) is 1.91. The molecule has 2 aromatic carbocycles. The molecule has 1 aliphatic heterocycles. The van der Waals surface area contributed by atoms with Crippen LogP contribution in [-0.2, 0) is 11.3 Å². The van der Waals surface area contributed by atoms with Crippen molar-refractivity contribution in [1.82, 2.24) is 9.80 Å². The van der Waals surface area contributed by atoms with Crippen LogP contribution in [0.25, 0.3) is 11.0 Å². The van der Waals surface area contributed by atoms with Crippen LogP contribution >= 0.6 is 0 Å². The number of amides is 1. The molecule has 4 rings (SSSR count). The first-order chi connectivity index (χ1) is 15.3. The molecule has 0 aliphatic carbocycles. The summed E-state index contributed by atoms with van der Waals surface area (Å²) in [5, 5.41) is 0.836. The van der Waals surface area contributed by atoms with E-state index in [-0.39, 0.29) is 30.4 Å². The van der Waals surface area contributed by atoms with Gasteiger partial charge in [-0.25, -0.2) is 9.18 Å². The Balaban J connectivity index is 1.37. The minimum absolute atomic E-state index is 0.0278. The number of hydrogen-bond donors (Lipinski definition) is 0. The highest BCUT2D eigenvalue weighted by atomic mass is 19.1. The summed E-state index contributed by atoms with van der Waals surface area (Å²) in [6, 6.07) is 13.4. The van der Waals surface area contributed by atoms with Crippen LogP contribution in [0.3, 0.4) is 0 Å². The molecule has 1 aromatic heterocycles. The van der Waals surface area contributed by atoms with Crippen molar-refractivity contribution in [2.75, 3.05) is 19.7 Å². The smallest absolute Gasteiger partial charge is 0.336 e. The Morgan fingerprint density at radius 1 is 1.09 bits per heavy atom. The minimum Gasteiger partial charge on any atom is -0.484 e. The molecule has 2 unspecified atom stereocenters. The molecule has 1 aliphatic rings. The number of rotatable bonds is 5. The number of hydrogen-bond acceptors (Lipinski definition) is 5. The van der Waals surface area contributed by atoms with E-state index in [2.05, 4.69) is 11.8 Å². The number of halogens is 1. The van der Waals surface area contributed by atoms with E-state index >= 15 is 0 Å². The summed E-state index contributed by atoms with van der Waals surface area (Å²) in [7, 11) is 0. The van der Waals surface area contributed by atoms with Crippen molar-refractivity contribution in [2.24, 2.45) is 0 Å². The maximum Gasteiger partial charge on any atom is 0.336 e. The van der Waals surface area contributed by atoms with E-state index in [0.717, 1.165) is 23.1 Å². The van der Waals surface area contributed by atoms with Gasteiger partial charge in [0.25, 0.3) is 5.91 Å². The zero-order valence-corrected chi connectivity index (χ0v) is 18.5. The van der Waals surface area contributed by atoms with Gasteiger partial charge < -0.3 is 14.1 Å². The van der Waals surface area contributed by atoms with Gasteiger partial charge in [0.15, 0.2) is 6.61 Å². The second-order valence-electron chi connectivity index (χ2n) is 8.50.